The SMILES string of the molecule is CCCc1ccc(Nc2ncc(C(F)(F)F)c(Nc3cccc(CCC)c3)n2)cc1. The number of rotatable bonds is 8. The molecule has 30 heavy (non-hydrogen) atoms. The van der Waals surface area contributed by atoms with Gasteiger partial charge in [0.05, 0.1) is 0 Å². The number of nitrogens with one attached hydrogen (secondary N) is 2. The Labute approximate surface area is 174 Å². The summed E-state index contributed by atoms with van der Waals surface area (Å²) < 4.78 is 40.5. The summed E-state index contributed by atoms with van der Waals surface area (Å²) in [4.78, 5) is 7.98. The topological polar surface area (TPSA) is 49.8 Å². The van der Waals surface area contributed by atoms with E-state index in [9.17, 15) is 13.2 Å². The fourth-order valence-corrected chi connectivity index (χ4v) is 3.15. The number of nitrogens with zero attached hydrogens (tertiary/aromatic N) is 2. The van der Waals surface area contributed by atoms with Crippen LogP contribution in [0.4, 0.5) is 36.3 Å². The summed E-state index contributed by atoms with van der Waals surface area (Å²) in [6.45, 7) is 4.16. The standard InChI is InChI=1S/C23H25F3N4/c1-3-6-16-10-12-18(13-11-16)29-22-27-15-20(23(24,25)26)21(30-22)28-19-9-5-8-17(14-19)7-4-2/h5,8-15H,3-4,6-7H2,1-2H3,(H2,27,28,29,30). The number of hydrogen-bond acceptors (Lipinski definition) is 4. The van der Waals surface area contributed by atoms with Gasteiger partial charge in [0, 0.05) is 17.6 Å². The quantitative estimate of drug-likeness (QED) is 0.421. The highest BCUT2D eigenvalue weighted by molar-refractivity contribution is 5.63. The van der Waals surface area contributed by atoms with Crippen LogP contribution < -0.4 is 10.6 Å². The third kappa shape index (κ3) is 5.72. The Bertz CT molecular complexity index is 969. The van der Waals surface area contributed by atoms with E-state index >= 15 is 0 Å². The third-order valence-electron chi connectivity index (χ3n) is 4.57. The molecule has 0 aliphatic heterocycles. The first-order valence-corrected chi connectivity index (χ1v) is 10.0. The van der Waals surface area contributed by atoms with Gasteiger partial charge in [-0.3, -0.25) is 0 Å². The van der Waals surface area contributed by atoms with Gasteiger partial charge in [-0.05, 0) is 48.2 Å². The molecule has 0 radical (unpaired) electrons. The Morgan fingerprint density at radius 2 is 1.53 bits per heavy atom. The van der Waals surface area contributed by atoms with Crippen molar-refractivity contribution in [1.29, 1.82) is 0 Å². The predicted octanol–water partition coefficient (Wildman–Crippen LogP) is 6.89. The van der Waals surface area contributed by atoms with Crippen LogP contribution in [-0.2, 0) is 19.0 Å². The van der Waals surface area contributed by atoms with E-state index in [1.54, 1.807) is 6.07 Å². The maximum Gasteiger partial charge on any atom is 0.421 e. The van der Waals surface area contributed by atoms with Crippen LogP contribution >= 0.6 is 0 Å². The fraction of sp³-hybridized carbons (Fsp3) is 0.304. The van der Waals surface area contributed by atoms with Crippen LogP contribution in [-0.4, -0.2) is 9.97 Å². The highest BCUT2D eigenvalue weighted by Crippen LogP contribution is 2.35. The lowest BCUT2D eigenvalue weighted by atomic mass is 10.1. The van der Waals surface area contributed by atoms with Crippen molar-refractivity contribution in [3.63, 3.8) is 0 Å². The zero-order chi connectivity index (χ0) is 21.6. The highest BCUT2D eigenvalue weighted by atomic mass is 19.4. The summed E-state index contributed by atoms with van der Waals surface area (Å²) in [6, 6.07) is 15.0. The Hall–Kier alpha value is -3.09. The van der Waals surface area contributed by atoms with Gasteiger partial charge in [0.25, 0.3) is 0 Å². The zero-order valence-corrected chi connectivity index (χ0v) is 17.1. The van der Waals surface area contributed by atoms with Gasteiger partial charge in [-0.15, -0.1) is 0 Å². The van der Waals surface area contributed by atoms with Gasteiger partial charge in [0.2, 0.25) is 5.95 Å². The number of anilines is 4. The molecule has 7 heteroatoms. The third-order valence-corrected chi connectivity index (χ3v) is 4.57. The van der Waals surface area contributed by atoms with Crippen LogP contribution in [0.5, 0.6) is 0 Å². The molecule has 2 aromatic carbocycles. The molecule has 0 spiro atoms. The van der Waals surface area contributed by atoms with Gasteiger partial charge < -0.3 is 10.6 Å². The largest absolute Gasteiger partial charge is 0.421 e. The molecule has 0 saturated carbocycles. The lowest BCUT2D eigenvalue weighted by Crippen LogP contribution is -2.12. The van der Waals surface area contributed by atoms with Crippen molar-refractivity contribution in [3.8, 4) is 0 Å². The zero-order valence-electron chi connectivity index (χ0n) is 17.1. The minimum Gasteiger partial charge on any atom is -0.340 e. The molecule has 4 nitrogen and oxygen atoms in total. The van der Waals surface area contributed by atoms with Gasteiger partial charge in [-0.1, -0.05) is 51.0 Å². The van der Waals surface area contributed by atoms with Gasteiger partial charge >= 0.3 is 6.18 Å². The second-order valence-electron chi connectivity index (χ2n) is 7.10. The number of alkyl halides is 3. The van der Waals surface area contributed by atoms with Crippen molar-refractivity contribution < 1.29 is 13.2 Å². The lowest BCUT2D eigenvalue weighted by Gasteiger charge is -2.15. The summed E-state index contributed by atoms with van der Waals surface area (Å²) in [5.74, 6) is -0.185. The van der Waals surface area contributed by atoms with Crippen molar-refractivity contribution >= 4 is 23.1 Å². The van der Waals surface area contributed by atoms with E-state index in [0.717, 1.165) is 37.4 Å². The molecule has 1 heterocycles. The molecule has 0 atom stereocenters. The molecule has 0 fully saturated rings. The maximum absolute atomic E-state index is 13.5. The number of halogens is 3. The molecule has 0 unspecified atom stereocenters. The summed E-state index contributed by atoms with van der Waals surface area (Å²) in [5.41, 5.74) is 2.61. The smallest absolute Gasteiger partial charge is 0.340 e. The normalized spacial score (nSPS) is 11.4. The summed E-state index contributed by atoms with van der Waals surface area (Å²) in [7, 11) is 0. The summed E-state index contributed by atoms with van der Waals surface area (Å²) in [6.07, 6.45) is 0.0658. The van der Waals surface area contributed by atoms with Gasteiger partial charge in [0.15, 0.2) is 0 Å². The maximum atomic E-state index is 13.5. The molecule has 0 bridgehead atoms. The molecule has 1 aromatic heterocycles. The molecule has 3 rings (SSSR count). The monoisotopic (exact) mass is 414 g/mol. The molecule has 2 N–H and O–H groups in total. The first-order valence-electron chi connectivity index (χ1n) is 10.0. The van der Waals surface area contributed by atoms with E-state index in [-0.39, 0.29) is 11.8 Å². The van der Waals surface area contributed by atoms with E-state index in [1.807, 2.05) is 42.5 Å². The number of hydrogen-bond donors (Lipinski definition) is 2. The van der Waals surface area contributed by atoms with Gasteiger partial charge in [0.1, 0.15) is 11.4 Å². The molecule has 0 aliphatic carbocycles. The van der Waals surface area contributed by atoms with Crippen molar-refractivity contribution in [2.45, 2.75) is 45.7 Å². The number of aryl methyl sites for hydroxylation is 2. The predicted molar refractivity (Wildman–Crippen MR) is 114 cm³/mol. The Balaban J connectivity index is 1.87. The van der Waals surface area contributed by atoms with Crippen molar-refractivity contribution in [1.82, 2.24) is 9.97 Å². The van der Waals surface area contributed by atoms with E-state index in [2.05, 4.69) is 34.4 Å². The van der Waals surface area contributed by atoms with Crippen molar-refractivity contribution in [2.24, 2.45) is 0 Å². The highest BCUT2D eigenvalue weighted by Gasteiger charge is 2.35. The Morgan fingerprint density at radius 1 is 0.833 bits per heavy atom. The van der Waals surface area contributed by atoms with E-state index < -0.39 is 11.7 Å². The van der Waals surface area contributed by atoms with Crippen molar-refractivity contribution in [3.05, 3.63) is 71.4 Å². The number of benzene rings is 2. The average molecular weight is 414 g/mol. The van der Waals surface area contributed by atoms with E-state index in [1.165, 1.54) is 5.56 Å². The molecule has 3 aromatic rings. The molecule has 0 amide bonds. The second-order valence-corrected chi connectivity index (χ2v) is 7.10. The number of aromatic nitrogens is 2. The Morgan fingerprint density at radius 3 is 2.20 bits per heavy atom. The minimum atomic E-state index is -4.57. The Kier molecular flexibility index (Phi) is 6.92. The fourth-order valence-electron chi connectivity index (χ4n) is 3.15. The van der Waals surface area contributed by atoms with Crippen LogP contribution in [0.2, 0.25) is 0 Å². The second kappa shape index (κ2) is 9.61. The van der Waals surface area contributed by atoms with Crippen LogP contribution in [0.15, 0.2) is 54.7 Å². The van der Waals surface area contributed by atoms with Crippen LogP contribution in [0.3, 0.4) is 0 Å². The minimum absolute atomic E-state index is 0.0958. The van der Waals surface area contributed by atoms with Gasteiger partial charge in [-0.25, -0.2) is 4.98 Å². The first-order chi connectivity index (χ1) is 14.4. The molecule has 0 saturated heterocycles. The van der Waals surface area contributed by atoms with E-state index in [4.69, 9.17) is 0 Å². The molecular formula is C23H25F3N4. The van der Waals surface area contributed by atoms with Gasteiger partial charge in [-0.2, -0.15) is 18.2 Å². The van der Waals surface area contributed by atoms with Crippen LogP contribution in [0, 0.1) is 0 Å². The summed E-state index contributed by atoms with van der Waals surface area (Å²) in [5, 5.41) is 5.80. The lowest BCUT2D eigenvalue weighted by molar-refractivity contribution is -0.137. The van der Waals surface area contributed by atoms with Crippen LogP contribution in [0.1, 0.15) is 43.4 Å². The van der Waals surface area contributed by atoms with Crippen LogP contribution in [0.25, 0.3) is 0 Å². The molecule has 0 aliphatic rings. The molecular weight excluding hydrogens is 389 g/mol. The first kappa shape index (κ1) is 21.6. The summed E-state index contributed by atoms with van der Waals surface area (Å²) >= 11 is 0. The van der Waals surface area contributed by atoms with E-state index in [0.29, 0.717) is 11.4 Å². The molecule has 158 valence electrons. The van der Waals surface area contributed by atoms with Crippen molar-refractivity contribution in [2.75, 3.05) is 10.6 Å². The average Bonchev–Trinajstić information content (AvgIpc) is 2.70.